The molecule has 7 nitrogen and oxygen atoms in total. The number of imidazole rings is 1. The van der Waals surface area contributed by atoms with Gasteiger partial charge in [0.2, 0.25) is 0 Å². The molecule has 26 heavy (non-hydrogen) atoms. The van der Waals surface area contributed by atoms with Crippen LogP contribution in [0, 0.1) is 0 Å². The zero-order valence-corrected chi connectivity index (χ0v) is 14.7. The van der Waals surface area contributed by atoms with E-state index in [1.54, 1.807) is 12.0 Å². The van der Waals surface area contributed by atoms with Gasteiger partial charge in [-0.3, -0.25) is 4.79 Å². The molecule has 2 heterocycles. The number of fused-ring (bicyclic) bond motifs is 1. The standard InChI is InChI=1S/C19H22N4O3/c1-10-7-11(9-12(8-10)26-2)23-17(20)15(16(24)19(23)25)18-21-13-5-3-4-6-14(13)22-18/h3-6,8-9,11,15,17,19,25H,7,20H2,1-2H3,(H,21,22). The normalized spacial score (nSPS) is 29.8. The van der Waals surface area contributed by atoms with Crippen LogP contribution in [-0.2, 0) is 9.53 Å². The molecule has 2 aliphatic rings. The van der Waals surface area contributed by atoms with Crippen LogP contribution >= 0.6 is 0 Å². The number of hydrogen-bond donors (Lipinski definition) is 3. The minimum absolute atomic E-state index is 0.210. The van der Waals surface area contributed by atoms with E-state index in [2.05, 4.69) is 9.97 Å². The van der Waals surface area contributed by atoms with Crippen molar-refractivity contribution in [3.8, 4) is 0 Å². The number of allylic oxidation sites excluding steroid dienone is 1. The third-order valence-electron chi connectivity index (χ3n) is 5.13. The average Bonchev–Trinajstić information content (AvgIpc) is 3.13. The zero-order chi connectivity index (χ0) is 18.4. The van der Waals surface area contributed by atoms with Gasteiger partial charge >= 0.3 is 0 Å². The van der Waals surface area contributed by atoms with Crippen LogP contribution in [-0.4, -0.2) is 51.3 Å². The molecule has 0 saturated carbocycles. The molecule has 4 unspecified atom stereocenters. The summed E-state index contributed by atoms with van der Waals surface area (Å²) in [6.45, 7) is 1.99. The van der Waals surface area contributed by atoms with Crippen LogP contribution in [0.3, 0.4) is 0 Å². The number of aromatic amines is 1. The van der Waals surface area contributed by atoms with Crippen molar-refractivity contribution >= 4 is 16.8 Å². The van der Waals surface area contributed by atoms with Crippen molar-refractivity contribution < 1.29 is 14.6 Å². The first-order valence-corrected chi connectivity index (χ1v) is 8.62. The Bertz CT molecular complexity index is 883. The molecule has 1 aliphatic carbocycles. The summed E-state index contributed by atoms with van der Waals surface area (Å²) in [5.41, 5.74) is 9.13. The summed E-state index contributed by atoms with van der Waals surface area (Å²) >= 11 is 0. The molecule has 0 radical (unpaired) electrons. The summed E-state index contributed by atoms with van der Waals surface area (Å²) in [5.74, 6) is 0.154. The molecule has 4 N–H and O–H groups in total. The molecule has 4 rings (SSSR count). The highest BCUT2D eigenvalue weighted by Gasteiger charge is 2.50. The van der Waals surface area contributed by atoms with E-state index in [0.29, 0.717) is 18.0 Å². The SMILES string of the molecule is COC1=CC(N2C(O)C(=O)C(c3nc4ccccc4[nH]3)C2N)CC(C)=C1. The minimum atomic E-state index is -1.27. The summed E-state index contributed by atoms with van der Waals surface area (Å²) in [6.07, 6.45) is 2.57. The molecule has 0 bridgehead atoms. The van der Waals surface area contributed by atoms with Crippen molar-refractivity contribution in [1.29, 1.82) is 0 Å². The summed E-state index contributed by atoms with van der Waals surface area (Å²) in [4.78, 5) is 22.1. The number of nitrogens with zero attached hydrogens (tertiary/aromatic N) is 2. The first-order valence-electron chi connectivity index (χ1n) is 8.62. The Hall–Kier alpha value is -2.48. The third-order valence-corrected chi connectivity index (χ3v) is 5.13. The molecule has 2 aromatic rings. The van der Waals surface area contributed by atoms with Crippen molar-refractivity contribution in [2.75, 3.05) is 7.11 Å². The van der Waals surface area contributed by atoms with Crippen LogP contribution in [0.1, 0.15) is 25.1 Å². The summed E-state index contributed by atoms with van der Waals surface area (Å²) in [6, 6.07) is 7.35. The fourth-order valence-electron chi connectivity index (χ4n) is 3.88. The Labute approximate surface area is 151 Å². The van der Waals surface area contributed by atoms with Gasteiger partial charge in [0.05, 0.1) is 24.3 Å². The van der Waals surface area contributed by atoms with E-state index in [1.165, 1.54) is 0 Å². The molecule has 136 valence electrons. The maximum absolute atomic E-state index is 12.8. The van der Waals surface area contributed by atoms with Crippen LogP contribution in [0.4, 0.5) is 0 Å². The van der Waals surface area contributed by atoms with Crippen molar-refractivity contribution in [2.45, 2.75) is 37.7 Å². The number of aromatic nitrogens is 2. The number of aliphatic hydroxyl groups excluding tert-OH is 1. The summed E-state index contributed by atoms with van der Waals surface area (Å²) in [5, 5.41) is 10.6. The Morgan fingerprint density at radius 2 is 2.15 bits per heavy atom. The average molecular weight is 354 g/mol. The van der Waals surface area contributed by atoms with Gasteiger partial charge in [0.25, 0.3) is 0 Å². The number of nitrogens with one attached hydrogen (secondary N) is 1. The number of H-pyrrole nitrogens is 1. The monoisotopic (exact) mass is 354 g/mol. The second-order valence-corrected chi connectivity index (χ2v) is 6.87. The first kappa shape index (κ1) is 17.0. The van der Waals surface area contributed by atoms with Crippen molar-refractivity contribution in [3.05, 3.63) is 53.6 Å². The number of aliphatic hydroxyl groups is 1. The highest BCUT2D eigenvalue weighted by Crippen LogP contribution is 2.35. The number of ether oxygens (including phenoxy) is 1. The van der Waals surface area contributed by atoms with Crippen LogP contribution in [0.15, 0.2) is 47.7 Å². The largest absolute Gasteiger partial charge is 0.497 e. The number of carbonyl (C=O) groups is 1. The lowest BCUT2D eigenvalue weighted by molar-refractivity contribution is -0.131. The Morgan fingerprint density at radius 1 is 1.38 bits per heavy atom. The van der Waals surface area contributed by atoms with E-state index in [-0.39, 0.29) is 11.8 Å². The summed E-state index contributed by atoms with van der Waals surface area (Å²) in [7, 11) is 1.60. The van der Waals surface area contributed by atoms with Crippen LogP contribution < -0.4 is 5.73 Å². The number of likely N-dealkylation sites (tertiary alicyclic amines) is 1. The fourth-order valence-corrected chi connectivity index (χ4v) is 3.88. The molecule has 0 spiro atoms. The van der Waals surface area contributed by atoms with Gasteiger partial charge in [-0.15, -0.1) is 0 Å². The lowest BCUT2D eigenvalue weighted by Gasteiger charge is -2.33. The van der Waals surface area contributed by atoms with Crippen LogP contribution in [0.25, 0.3) is 11.0 Å². The second-order valence-electron chi connectivity index (χ2n) is 6.87. The quantitative estimate of drug-likeness (QED) is 0.769. The molecular weight excluding hydrogens is 332 g/mol. The van der Waals surface area contributed by atoms with Crippen LogP contribution in [0.5, 0.6) is 0 Å². The van der Waals surface area contributed by atoms with E-state index in [1.807, 2.05) is 43.3 Å². The van der Waals surface area contributed by atoms with E-state index < -0.39 is 18.3 Å². The maximum atomic E-state index is 12.8. The van der Waals surface area contributed by atoms with Gasteiger partial charge in [-0.05, 0) is 37.6 Å². The number of hydrogen-bond acceptors (Lipinski definition) is 6. The number of rotatable bonds is 3. The van der Waals surface area contributed by atoms with E-state index >= 15 is 0 Å². The minimum Gasteiger partial charge on any atom is -0.497 e. The van der Waals surface area contributed by atoms with Gasteiger partial charge in [0.1, 0.15) is 17.5 Å². The third kappa shape index (κ3) is 2.65. The van der Waals surface area contributed by atoms with Crippen molar-refractivity contribution in [3.63, 3.8) is 0 Å². The van der Waals surface area contributed by atoms with Gasteiger partial charge in [-0.2, -0.15) is 0 Å². The topological polar surface area (TPSA) is 104 Å². The van der Waals surface area contributed by atoms with Gasteiger partial charge in [-0.25, -0.2) is 9.88 Å². The number of para-hydroxylation sites is 2. The number of nitrogens with two attached hydrogens (primary N) is 1. The molecule has 1 aromatic heterocycles. The Balaban J connectivity index is 1.68. The van der Waals surface area contributed by atoms with E-state index in [0.717, 1.165) is 16.6 Å². The zero-order valence-electron chi connectivity index (χ0n) is 14.7. The smallest absolute Gasteiger partial charge is 0.189 e. The lowest BCUT2D eigenvalue weighted by Crippen LogP contribution is -2.49. The van der Waals surface area contributed by atoms with E-state index in [9.17, 15) is 9.90 Å². The number of carbonyl (C=O) groups excluding carboxylic acids is 1. The number of ketones is 1. The second kappa shape index (κ2) is 6.35. The van der Waals surface area contributed by atoms with Gasteiger partial charge < -0.3 is 20.6 Å². The number of methoxy groups -OCH3 is 1. The number of Topliss-reactive ketones (excluding diaryl/α,β-unsaturated/α-hetero) is 1. The summed E-state index contributed by atoms with van der Waals surface area (Å²) < 4.78 is 5.33. The predicted molar refractivity (Wildman–Crippen MR) is 96.9 cm³/mol. The van der Waals surface area contributed by atoms with Crippen molar-refractivity contribution in [1.82, 2.24) is 14.9 Å². The molecule has 1 aliphatic heterocycles. The molecular formula is C19H22N4O3. The first-order chi connectivity index (χ1) is 12.5. The molecule has 1 aromatic carbocycles. The highest BCUT2D eigenvalue weighted by molar-refractivity contribution is 5.92. The van der Waals surface area contributed by atoms with Crippen LogP contribution in [0.2, 0.25) is 0 Å². The maximum Gasteiger partial charge on any atom is 0.189 e. The number of benzene rings is 1. The van der Waals surface area contributed by atoms with Gasteiger partial charge in [-0.1, -0.05) is 17.7 Å². The van der Waals surface area contributed by atoms with Crippen molar-refractivity contribution in [2.24, 2.45) is 5.73 Å². The molecule has 0 amide bonds. The Morgan fingerprint density at radius 3 is 2.88 bits per heavy atom. The Kier molecular flexibility index (Phi) is 4.14. The molecule has 1 fully saturated rings. The molecule has 4 atom stereocenters. The van der Waals surface area contributed by atoms with E-state index in [4.69, 9.17) is 10.5 Å². The van der Waals surface area contributed by atoms with Gasteiger partial charge in [0.15, 0.2) is 12.0 Å². The lowest BCUT2D eigenvalue weighted by atomic mass is 9.99. The predicted octanol–water partition coefficient (Wildman–Crippen LogP) is 1.38. The molecule has 7 heteroatoms. The fraction of sp³-hybridized carbons (Fsp3) is 0.368. The van der Waals surface area contributed by atoms with Gasteiger partial charge in [0, 0.05) is 6.04 Å². The highest BCUT2D eigenvalue weighted by atomic mass is 16.5. The molecule has 1 saturated heterocycles.